The van der Waals surface area contributed by atoms with E-state index in [1.165, 1.54) is 16.5 Å². The molecule has 2 aromatic heterocycles. The predicted molar refractivity (Wildman–Crippen MR) is 107 cm³/mol. The molecule has 4 aromatic rings. The summed E-state index contributed by atoms with van der Waals surface area (Å²) in [6.45, 7) is 1.42. The highest BCUT2D eigenvalue weighted by molar-refractivity contribution is 6.30. The topological polar surface area (TPSA) is 81.3 Å². The lowest BCUT2D eigenvalue weighted by Crippen LogP contribution is -2.29. The summed E-state index contributed by atoms with van der Waals surface area (Å²) in [6.07, 6.45) is 0. The van der Waals surface area contributed by atoms with Crippen molar-refractivity contribution >= 4 is 28.8 Å². The average molecular weight is 412 g/mol. The van der Waals surface area contributed by atoms with Crippen LogP contribution in [0.3, 0.4) is 0 Å². The standard InChI is InChI=1S/C20H15ClFN5O2/c1-12-9-17-25-26(11-18(28)24-16-8-7-14(21)10-15(16)22)20(29)27(17)19(23-12)13-5-3-2-4-6-13/h2-10H,11H2,1H3,(H,24,28). The van der Waals surface area contributed by atoms with Gasteiger partial charge in [0.15, 0.2) is 5.65 Å². The Balaban J connectivity index is 1.69. The number of rotatable bonds is 4. The lowest BCUT2D eigenvalue weighted by atomic mass is 10.2. The summed E-state index contributed by atoms with van der Waals surface area (Å²) in [6, 6.07) is 14.8. The SMILES string of the molecule is Cc1cc2nn(CC(=O)Nc3ccc(Cl)cc3F)c(=O)n2c(-c2ccccc2)n1. The zero-order chi connectivity index (χ0) is 20.5. The van der Waals surface area contributed by atoms with Crippen LogP contribution in [-0.2, 0) is 11.3 Å². The number of hydrogen-bond donors (Lipinski definition) is 1. The molecule has 0 spiro atoms. The Kier molecular flexibility index (Phi) is 4.85. The third kappa shape index (κ3) is 3.74. The summed E-state index contributed by atoms with van der Waals surface area (Å²) in [7, 11) is 0. The van der Waals surface area contributed by atoms with Gasteiger partial charge in [-0.25, -0.2) is 23.3 Å². The van der Waals surface area contributed by atoms with E-state index in [4.69, 9.17) is 11.6 Å². The van der Waals surface area contributed by atoms with Gasteiger partial charge in [0.25, 0.3) is 0 Å². The highest BCUT2D eigenvalue weighted by atomic mass is 35.5. The molecule has 2 heterocycles. The highest BCUT2D eigenvalue weighted by Gasteiger charge is 2.17. The van der Waals surface area contributed by atoms with Crippen molar-refractivity contribution in [1.82, 2.24) is 19.2 Å². The molecule has 1 N–H and O–H groups in total. The number of amides is 1. The number of carbonyl (C=O) groups is 1. The number of hydrogen-bond acceptors (Lipinski definition) is 4. The Labute approximate surface area is 169 Å². The second kappa shape index (κ2) is 7.48. The Morgan fingerprint density at radius 3 is 2.66 bits per heavy atom. The molecule has 7 nitrogen and oxygen atoms in total. The number of anilines is 1. The fraction of sp³-hybridized carbons (Fsp3) is 0.100. The van der Waals surface area contributed by atoms with E-state index in [-0.39, 0.29) is 17.3 Å². The molecule has 29 heavy (non-hydrogen) atoms. The van der Waals surface area contributed by atoms with Crippen molar-refractivity contribution in [1.29, 1.82) is 0 Å². The highest BCUT2D eigenvalue weighted by Crippen LogP contribution is 2.19. The first-order valence-corrected chi connectivity index (χ1v) is 9.08. The van der Waals surface area contributed by atoms with Crippen molar-refractivity contribution in [3.63, 3.8) is 0 Å². The lowest BCUT2D eigenvalue weighted by Gasteiger charge is -2.06. The van der Waals surface area contributed by atoms with Crippen molar-refractivity contribution in [3.05, 3.63) is 81.6 Å². The smallest absolute Gasteiger partial charge is 0.322 e. The molecule has 0 unspecified atom stereocenters. The minimum Gasteiger partial charge on any atom is -0.322 e. The van der Waals surface area contributed by atoms with Gasteiger partial charge in [0.1, 0.15) is 18.2 Å². The zero-order valence-corrected chi connectivity index (χ0v) is 16.0. The molecule has 0 saturated carbocycles. The molecular weight excluding hydrogens is 397 g/mol. The van der Waals surface area contributed by atoms with E-state index < -0.39 is 17.4 Å². The second-order valence-corrected chi connectivity index (χ2v) is 6.83. The molecule has 146 valence electrons. The van der Waals surface area contributed by atoms with E-state index >= 15 is 0 Å². The number of halogens is 2. The van der Waals surface area contributed by atoms with E-state index in [9.17, 15) is 14.0 Å². The first-order valence-electron chi connectivity index (χ1n) is 8.70. The van der Waals surface area contributed by atoms with Crippen molar-refractivity contribution in [3.8, 4) is 11.4 Å². The van der Waals surface area contributed by atoms with Gasteiger partial charge in [-0.3, -0.25) is 4.79 Å². The van der Waals surface area contributed by atoms with Crippen LogP contribution in [0.1, 0.15) is 5.69 Å². The molecule has 1 amide bonds. The van der Waals surface area contributed by atoms with Crippen LogP contribution < -0.4 is 11.0 Å². The molecule has 4 rings (SSSR count). The minimum absolute atomic E-state index is 0.0290. The van der Waals surface area contributed by atoms with Crippen LogP contribution in [-0.4, -0.2) is 25.1 Å². The molecule has 9 heteroatoms. The van der Waals surface area contributed by atoms with Gasteiger partial charge < -0.3 is 5.32 Å². The first kappa shape index (κ1) is 18.8. The van der Waals surface area contributed by atoms with E-state index in [0.717, 1.165) is 16.3 Å². The molecule has 0 aliphatic rings. The maximum Gasteiger partial charge on any atom is 0.352 e. The minimum atomic E-state index is -0.667. The molecule has 0 radical (unpaired) electrons. The Hall–Kier alpha value is -3.52. The number of carbonyl (C=O) groups excluding carboxylic acids is 1. The fourth-order valence-electron chi connectivity index (χ4n) is 2.95. The summed E-state index contributed by atoms with van der Waals surface area (Å²) >= 11 is 5.71. The average Bonchev–Trinajstić information content (AvgIpc) is 2.99. The maximum atomic E-state index is 13.9. The van der Waals surface area contributed by atoms with Crippen LogP contribution in [0.5, 0.6) is 0 Å². The Morgan fingerprint density at radius 1 is 1.17 bits per heavy atom. The van der Waals surface area contributed by atoms with Crippen molar-refractivity contribution in [2.45, 2.75) is 13.5 Å². The largest absolute Gasteiger partial charge is 0.352 e. The van der Waals surface area contributed by atoms with Gasteiger partial charge in [-0.15, -0.1) is 5.10 Å². The van der Waals surface area contributed by atoms with Crippen LogP contribution in [0.25, 0.3) is 17.0 Å². The van der Waals surface area contributed by atoms with Gasteiger partial charge in [-0.2, -0.15) is 0 Å². The predicted octanol–water partition coefficient (Wildman–Crippen LogP) is 3.30. The van der Waals surface area contributed by atoms with E-state index in [0.29, 0.717) is 17.2 Å². The normalized spacial score (nSPS) is 11.0. The second-order valence-electron chi connectivity index (χ2n) is 6.39. The van der Waals surface area contributed by atoms with Gasteiger partial charge in [0, 0.05) is 22.3 Å². The first-order chi connectivity index (χ1) is 13.9. The van der Waals surface area contributed by atoms with Gasteiger partial charge in [-0.05, 0) is 25.1 Å². The van der Waals surface area contributed by atoms with Crippen molar-refractivity contribution in [2.75, 3.05) is 5.32 Å². The summed E-state index contributed by atoms with van der Waals surface area (Å²) in [5.41, 5.74) is 1.25. The Morgan fingerprint density at radius 2 is 1.93 bits per heavy atom. The molecular formula is C20H15ClFN5O2. The van der Waals surface area contributed by atoms with Gasteiger partial charge in [-0.1, -0.05) is 41.9 Å². The van der Waals surface area contributed by atoms with Crippen molar-refractivity contribution < 1.29 is 9.18 Å². The lowest BCUT2D eigenvalue weighted by molar-refractivity contribution is -0.117. The quantitative estimate of drug-likeness (QED) is 0.558. The Bertz CT molecular complexity index is 1280. The third-order valence-corrected chi connectivity index (χ3v) is 4.46. The number of nitrogens with one attached hydrogen (secondary N) is 1. The van der Waals surface area contributed by atoms with Gasteiger partial charge in [0.05, 0.1) is 5.69 Å². The van der Waals surface area contributed by atoms with Crippen LogP contribution in [0, 0.1) is 12.7 Å². The molecule has 0 atom stereocenters. The summed E-state index contributed by atoms with van der Waals surface area (Å²) in [4.78, 5) is 29.7. The fourth-order valence-corrected chi connectivity index (χ4v) is 3.11. The number of benzene rings is 2. The molecule has 0 saturated heterocycles. The van der Waals surface area contributed by atoms with Crippen LogP contribution in [0.15, 0.2) is 59.4 Å². The summed E-state index contributed by atoms with van der Waals surface area (Å²) < 4.78 is 16.3. The van der Waals surface area contributed by atoms with E-state index in [1.807, 2.05) is 30.3 Å². The van der Waals surface area contributed by atoms with Gasteiger partial charge in [0.2, 0.25) is 5.91 Å². The van der Waals surface area contributed by atoms with Gasteiger partial charge >= 0.3 is 5.69 Å². The number of nitrogens with zero attached hydrogens (tertiary/aromatic N) is 4. The van der Waals surface area contributed by atoms with Crippen LogP contribution >= 0.6 is 11.6 Å². The maximum absolute atomic E-state index is 13.9. The monoisotopic (exact) mass is 411 g/mol. The summed E-state index contributed by atoms with van der Waals surface area (Å²) in [5.74, 6) is -0.830. The summed E-state index contributed by atoms with van der Waals surface area (Å²) in [5, 5.41) is 6.86. The van der Waals surface area contributed by atoms with Crippen LogP contribution in [0.2, 0.25) is 5.02 Å². The zero-order valence-electron chi connectivity index (χ0n) is 15.3. The number of aromatic nitrogens is 4. The number of fused-ring (bicyclic) bond motifs is 1. The molecule has 0 bridgehead atoms. The molecule has 0 fully saturated rings. The molecule has 0 aliphatic heterocycles. The number of aryl methyl sites for hydroxylation is 1. The van der Waals surface area contributed by atoms with Crippen LogP contribution in [0.4, 0.5) is 10.1 Å². The molecule has 2 aromatic carbocycles. The molecule has 0 aliphatic carbocycles. The third-order valence-electron chi connectivity index (χ3n) is 4.23. The van der Waals surface area contributed by atoms with E-state index in [2.05, 4.69) is 15.4 Å². The van der Waals surface area contributed by atoms with E-state index in [1.54, 1.807) is 13.0 Å². The van der Waals surface area contributed by atoms with Crippen molar-refractivity contribution in [2.24, 2.45) is 0 Å².